The quantitative estimate of drug-likeness (QED) is 0.623. The summed E-state index contributed by atoms with van der Waals surface area (Å²) < 4.78 is 4.76. The standard InChI is InChI=1S/C24H23NO3/c1-17-13-14-20(24(27)28-2)15-22(17)25-23(26)16-21(18-9-5-3-6-10-18)19-11-7-4-8-12-19/h3-15,21H,16H2,1-2H3,(H,25,26). The van der Waals surface area contributed by atoms with Crippen molar-refractivity contribution < 1.29 is 14.3 Å². The molecule has 0 fully saturated rings. The molecule has 0 saturated carbocycles. The molecular weight excluding hydrogens is 350 g/mol. The van der Waals surface area contributed by atoms with Crippen LogP contribution in [-0.4, -0.2) is 19.0 Å². The number of rotatable bonds is 6. The average molecular weight is 373 g/mol. The number of anilines is 1. The van der Waals surface area contributed by atoms with Gasteiger partial charge in [0, 0.05) is 18.0 Å². The van der Waals surface area contributed by atoms with Crippen LogP contribution in [0.2, 0.25) is 0 Å². The first kappa shape index (κ1) is 19.4. The van der Waals surface area contributed by atoms with E-state index in [9.17, 15) is 9.59 Å². The van der Waals surface area contributed by atoms with Crippen LogP contribution in [0.4, 0.5) is 5.69 Å². The molecule has 0 heterocycles. The number of nitrogens with one attached hydrogen (secondary N) is 1. The summed E-state index contributed by atoms with van der Waals surface area (Å²) >= 11 is 0. The lowest BCUT2D eigenvalue weighted by Crippen LogP contribution is -2.17. The molecule has 0 radical (unpaired) electrons. The van der Waals surface area contributed by atoms with Gasteiger partial charge in [-0.15, -0.1) is 0 Å². The van der Waals surface area contributed by atoms with Gasteiger partial charge in [-0.3, -0.25) is 4.79 Å². The smallest absolute Gasteiger partial charge is 0.337 e. The lowest BCUT2D eigenvalue weighted by molar-refractivity contribution is -0.116. The molecule has 0 bridgehead atoms. The first-order valence-corrected chi connectivity index (χ1v) is 9.17. The van der Waals surface area contributed by atoms with Gasteiger partial charge in [0.2, 0.25) is 5.91 Å². The lowest BCUT2D eigenvalue weighted by Gasteiger charge is -2.18. The van der Waals surface area contributed by atoms with Gasteiger partial charge in [0.05, 0.1) is 12.7 Å². The number of amides is 1. The summed E-state index contributed by atoms with van der Waals surface area (Å²) in [7, 11) is 1.34. The summed E-state index contributed by atoms with van der Waals surface area (Å²) in [5.74, 6) is -0.587. The number of benzene rings is 3. The highest BCUT2D eigenvalue weighted by atomic mass is 16.5. The highest BCUT2D eigenvalue weighted by molar-refractivity contribution is 5.95. The minimum atomic E-state index is -0.429. The Bertz CT molecular complexity index is 913. The Kier molecular flexibility index (Phi) is 6.22. The van der Waals surface area contributed by atoms with E-state index in [4.69, 9.17) is 4.74 Å². The minimum Gasteiger partial charge on any atom is -0.465 e. The van der Waals surface area contributed by atoms with E-state index in [-0.39, 0.29) is 11.8 Å². The number of carbonyl (C=O) groups is 2. The Morgan fingerprint density at radius 3 is 2.00 bits per heavy atom. The third kappa shape index (κ3) is 4.65. The van der Waals surface area contributed by atoms with Gasteiger partial charge in [0.1, 0.15) is 0 Å². The van der Waals surface area contributed by atoms with E-state index in [2.05, 4.69) is 5.32 Å². The third-order valence-corrected chi connectivity index (χ3v) is 4.73. The van der Waals surface area contributed by atoms with Gasteiger partial charge in [-0.25, -0.2) is 4.79 Å². The first-order chi connectivity index (χ1) is 13.6. The van der Waals surface area contributed by atoms with Crippen molar-refractivity contribution in [3.63, 3.8) is 0 Å². The van der Waals surface area contributed by atoms with Gasteiger partial charge < -0.3 is 10.1 Å². The van der Waals surface area contributed by atoms with Crippen LogP contribution in [0, 0.1) is 6.92 Å². The molecule has 0 saturated heterocycles. The molecule has 0 unspecified atom stereocenters. The number of esters is 1. The van der Waals surface area contributed by atoms with Gasteiger partial charge in [-0.1, -0.05) is 66.7 Å². The fourth-order valence-corrected chi connectivity index (χ4v) is 3.19. The molecule has 0 aromatic heterocycles. The summed E-state index contributed by atoms with van der Waals surface area (Å²) in [6.07, 6.45) is 0.302. The first-order valence-electron chi connectivity index (χ1n) is 9.17. The van der Waals surface area contributed by atoms with Crippen LogP contribution in [0.15, 0.2) is 78.9 Å². The van der Waals surface area contributed by atoms with Gasteiger partial charge in [-0.2, -0.15) is 0 Å². The van der Waals surface area contributed by atoms with E-state index in [1.165, 1.54) is 7.11 Å². The monoisotopic (exact) mass is 373 g/mol. The largest absolute Gasteiger partial charge is 0.465 e. The summed E-state index contributed by atoms with van der Waals surface area (Å²) in [4.78, 5) is 24.6. The molecule has 3 rings (SSSR count). The number of ether oxygens (including phenoxy) is 1. The molecule has 1 N–H and O–H groups in total. The van der Waals surface area contributed by atoms with E-state index in [0.29, 0.717) is 17.7 Å². The van der Waals surface area contributed by atoms with Crippen LogP contribution in [0.5, 0.6) is 0 Å². The van der Waals surface area contributed by atoms with E-state index in [1.807, 2.05) is 67.6 Å². The molecule has 0 atom stereocenters. The second-order valence-corrected chi connectivity index (χ2v) is 6.65. The number of aryl methyl sites for hydroxylation is 1. The Balaban J connectivity index is 1.83. The van der Waals surface area contributed by atoms with Crippen LogP contribution < -0.4 is 5.32 Å². The number of methoxy groups -OCH3 is 1. The van der Waals surface area contributed by atoms with Crippen LogP contribution in [0.1, 0.15) is 39.4 Å². The number of hydrogen-bond donors (Lipinski definition) is 1. The zero-order chi connectivity index (χ0) is 19.9. The van der Waals surface area contributed by atoms with Gasteiger partial charge in [-0.05, 0) is 35.7 Å². The Morgan fingerprint density at radius 2 is 1.46 bits per heavy atom. The SMILES string of the molecule is COC(=O)c1ccc(C)c(NC(=O)CC(c2ccccc2)c2ccccc2)c1. The molecule has 3 aromatic rings. The highest BCUT2D eigenvalue weighted by Crippen LogP contribution is 2.28. The van der Waals surface area contributed by atoms with Crippen LogP contribution in [0.25, 0.3) is 0 Å². The Labute approximate surface area is 165 Å². The zero-order valence-corrected chi connectivity index (χ0v) is 16.0. The van der Waals surface area contributed by atoms with Crippen LogP contribution in [-0.2, 0) is 9.53 Å². The number of carbonyl (C=O) groups excluding carboxylic acids is 2. The van der Waals surface area contributed by atoms with Gasteiger partial charge in [0.15, 0.2) is 0 Å². The molecule has 4 nitrogen and oxygen atoms in total. The second kappa shape index (κ2) is 9.00. The van der Waals surface area contributed by atoms with Gasteiger partial charge in [0.25, 0.3) is 0 Å². The fraction of sp³-hybridized carbons (Fsp3) is 0.167. The highest BCUT2D eigenvalue weighted by Gasteiger charge is 2.19. The second-order valence-electron chi connectivity index (χ2n) is 6.65. The Morgan fingerprint density at radius 1 is 0.893 bits per heavy atom. The van der Waals surface area contributed by atoms with Crippen molar-refractivity contribution in [3.05, 3.63) is 101 Å². The molecule has 3 aromatic carbocycles. The molecule has 28 heavy (non-hydrogen) atoms. The van der Waals surface area contributed by atoms with Crippen molar-refractivity contribution in [2.75, 3.05) is 12.4 Å². The maximum Gasteiger partial charge on any atom is 0.337 e. The molecule has 4 heteroatoms. The zero-order valence-electron chi connectivity index (χ0n) is 16.0. The van der Waals surface area contributed by atoms with Crippen molar-refractivity contribution in [2.45, 2.75) is 19.3 Å². The number of hydrogen-bond acceptors (Lipinski definition) is 3. The molecule has 1 amide bonds. The topological polar surface area (TPSA) is 55.4 Å². The average Bonchev–Trinajstić information content (AvgIpc) is 2.74. The predicted molar refractivity (Wildman–Crippen MR) is 110 cm³/mol. The fourth-order valence-electron chi connectivity index (χ4n) is 3.19. The summed E-state index contributed by atoms with van der Waals surface area (Å²) in [6, 6.07) is 25.1. The predicted octanol–water partition coefficient (Wildman–Crippen LogP) is 4.94. The van der Waals surface area contributed by atoms with E-state index in [1.54, 1.807) is 18.2 Å². The third-order valence-electron chi connectivity index (χ3n) is 4.73. The van der Waals surface area contributed by atoms with Gasteiger partial charge >= 0.3 is 5.97 Å². The van der Waals surface area contributed by atoms with Crippen molar-refractivity contribution >= 4 is 17.6 Å². The Hall–Kier alpha value is -3.40. The summed E-state index contributed by atoms with van der Waals surface area (Å²) in [5.41, 5.74) is 4.09. The summed E-state index contributed by atoms with van der Waals surface area (Å²) in [6.45, 7) is 1.89. The lowest BCUT2D eigenvalue weighted by atomic mass is 9.88. The minimum absolute atomic E-state index is 0.0495. The van der Waals surface area contributed by atoms with Crippen molar-refractivity contribution in [1.82, 2.24) is 0 Å². The van der Waals surface area contributed by atoms with E-state index in [0.717, 1.165) is 16.7 Å². The van der Waals surface area contributed by atoms with E-state index >= 15 is 0 Å². The molecule has 0 spiro atoms. The maximum absolute atomic E-state index is 12.8. The maximum atomic E-state index is 12.8. The van der Waals surface area contributed by atoms with Crippen LogP contribution >= 0.6 is 0 Å². The molecule has 0 aliphatic rings. The van der Waals surface area contributed by atoms with E-state index < -0.39 is 5.97 Å². The molecular formula is C24H23NO3. The van der Waals surface area contributed by atoms with Crippen LogP contribution in [0.3, 0.4) is 0 Å². The van der Waals surface area contributed by atoms with Crippen molar-refractivity contribution in [2.24, 2.45) is 0 Å². The summed E-state index contributed by atoms with van der Waals surface area (Å²) in [5, 5.41) is 2.95. The molecule has 142 valence electrons. The van der Waals surface area contributed by atoms with Crippen molar-refractivity contribution in [3.8, 4) is 0 Å². The molecule has 0 aliphatic heterocycles. The normalized spacial score (nSPS) is 10.5. The van der Waals surface area contributed by atoms with Crippen molar-refractivity contribution in [1.29, 1.82) is 0 Å². The molecule has 0 aliphatic carbocycles.